The Hall–Kier alpha value is -0.800. The minimum atomic E-state index is -3.40. The quantitative estimate of drug-likeness (QED) is 0.603. The Morgan fingerprint density at radius 1 is 1.27 bits per heavy atom. The summed E-state index contributed by atoms with van der Waals surface area (Å²) >= 11 is 0. The molecule has 0 bridgehead atoms. The average Bonchev–Trinajstić information content (AvgIpc) is 2.13. The largest absolute Gasteiger partial charge is 0.236 e. The Labute approximate surface area is 95.0 Å². The van der Waals surface area contributed by atoms with E-state index in [1.807, 2.05) is 37.3 Å². The van der Waals surface area contributed by atoms with Crippen molar-refractivity contribution in [3.8, 4) is 0 Å². The van der Waals surface area contributed by atoms with Gasteiger partial charge in [-0.1, -0.05) is 36.4 Å². The topological polar surface area (TPSA) is 34.1 Å². The second kappa shape index (κ2) is 5.33. The van der Waals surface area contributed by atoms with Crippen LogP contribution in [0, 0.1) is 6.92 Å². The van der Waals surface area contributed by atoms with Gasteiger partial charge < -0.3 is 0 Å². The molecule has 4 heteroatoms. The van der Waals surface area contributed by atoms with Crippen molar-refractivity contribution in [3.05, 3.63) is 47.5 Å². The highest BCUT2D eigenvalue weighted by Gasteiger charge is 1.99. The number of hydrogen-bond acceptors (Lipinski definition) is 2. The standard InChI is InChI=1S/C11H13ClO2S/c1-10-6-2-3-7-11(10)8-4-5-9-15(12,13)14/h2-7H,8-9H2,1H3/b5-4-. The number of halogens is 1. The molecular formula is C11H13ClO2S. The van der Waals surface area contributed by atoms with Crippen LogP contribution < -0.4 is 0 Å². The molecule has 82 valence electrons. The average molecular weight is 245 g/mol. The summed E-state index contributed by atoms with van der Waals surface area (Å²) in [4.78, 5) is 0. The third-order valence-electron chi connectivity index (χ3n) is 2.06. The monoisotopic (exact) mass is 244 g/mol. The second-order valence-corrected chi connectivity index (χ2v) is 6.13. The maximum absolute atomic E-state index is 10.6. The zero-order valence-corrected chi connectivity index (χ0v) is 10.1. The fourth-order valence-corrected chi connectivity index (χ4v) is 1.82. The van der Waals surface area contributed by atoms with Crippen molar-refractivity contribution >= 4 is 19.7 Å². The van der Waals surface area contributed by atoms with Crippen LogP contribution in [0.4, 0.5) is 0 Å². The molecule has 0 saturated heterocycles. The lowest BCUT2D eigenvalue weighted by molar-refractivity contribution is 0.612. The first-order chi connectivity index (χ1) is 6.99. The number of hydrogen-bond donors (Lipinski definition) is 0. The molecule has 0 spiro atoms. The fourth-order valence-electron chi connectivity index (χ4n) is 1.23. The molecule has 0 aliphatic heterocycles. The van der Waals surface area contributed by atoms with Crippen molar-refractivity contribution in [2.45, 2.75) is 13.3 Å². The molecule has 0 aromatic heterocycles. The highest BCUT2D eigenvalue weighted by atomic mass is 35.7. The van der Waals surface area contributed by atoms with Gasteiger partial charge >= 0.3 is 0 Å². The molecule has 2 nitrogen and oxygen atoms in total. The molecule has 1 aromatic carbocycles. The van der Waals surface area contributed by atoms with Gasteiger partial charge in [0.2, 0.25) is 9.05 Å². The Kier molecular flexibility index (Phi) is 4.36. The first kappa shape index (κ1) is 12.3. The SMILES string of the molecule is Cc1ccccc1C/C=C\CS(=O)(=O)Cl. The highest BCUT2D eigenvalue weighted by molar-refractivity contribution is 8.13. The Morgan fingerprint density at radius 3 is 2.53 bits per heavy atom. The van der Waals surface area contributed by atoms with Crippen LogP contribution in [0.25, 0.3) is 0 Å². The van der Waals surface area contributed by atoms with Crippen LogP contribution in [0.5, 0.6) is 0 Å². The molecule has 0 heterocycles. The molecule has 0 radical (unpaired) electrons. The van der Waals surface area contributed by atoms with Crippen LogP contribution in [0.15, 0.2) is 36.4 Å². The van der Waals surface area contributed by atoms with Gasteiger partial charge in [0.1, 0.15) is 0 Å². The maximum Gasteiger partial charge on any atom is 0.236 e. The maximum atomic E-state index is 10.6. The third-order valence-corrected chi connectivity index (χ3v) is 3.03. The van der Waals surface area contributed by atoms with Gasteiger partial charge in [0, 0.05) is 10.7 Å². The summed E-state index contributed by atoms with van der Waals surface area (Å²) in [5, 5.41) is 0. The minimum absolute atomic E-state index is 0.111. The first-order valence-electron chi connectivity index (χ1n) is 4.61. The summed E-state index contributed by atoms with van der Waals surface area (Å²) in [6.07, 6.45) is 4.14. The van der Waals surface area contributed by atoms with Crippen molar-refractivity contribution in [1.82, 2.24) is 0 Å². The molecular weight excluding hydrogens is 232 g/mol. The van der Waals surface area contributed by atoms with Gasteiger partial charge in [0.05, 0.1) is 5.75 Å². The number of allylic oxidation sites excluding steroid dienone is 1. The smallest absolute Gasteiger partial charge is 0.212 e. The highest BCUT2D eigenvalue weighted by Crippen LogP contribution is 2.08. The summed E-state index contributed by atoms with van der Waals surface area (Å²) in [5.74, 6) is -0.111. The van der Waals surface area contributed by atoms with E-state index in [2.05, 4.69) is 0 Å². The zero-order valence-electron chi connectivity index (χ0n) is 8.48. The molecule has 0 saturated carbocycles. The summed E-state index contributed by atoms with van der Waals surface area (Å²) in [5.41, 5.74) is 2.40. The number of aryl methyl sites for hydroxylation is 1. The fraction of sp³-hybridized carbons (Fsp3) is 0.273. The summed E-state index contributed by atoms with van der Waals surface area (Å²) in [6.45, 7) is 2.03. The van der Waals surface area contributed by atoms with E-state index in [-0.39, 0.29) is 5.75 Å². The molecule has 0 N–H and O–H groups in total. The van der Waals surface area contributed by atoms with Crippen molar-refractivity contribution in [3.63, 3.8) is 0 Å². The van der Waals surface area contributed by atoms with Gasteiger partial charge in [-0.05, 0) is 24.5 Å². The van der Waals surface area contributed by atoms with E-state index in [1.54, 1.807) is 6.08 Å². The van der Waals surface area contributed by atoms with Gasteiger partial charge in [-0.3, -0.25) is 0 Å². The van der Waals surface area contributed by atoms with Crippen LogP contribution in [-0.4, -0.2) is 14.2 Å². The lowest BCUT2D eigenvalue weighted by atomic mass is 10.1. The van der Waals surface area contributed by atoms with E-state index in [0.717, 1.165) is 6.42 Å². The van der Waals surface area contributed by atoms with Crippen LogP contribution >= 0.6 is 10.7 Å². The van der Waals surface area contributed by atoms with E-state index in [4.69, 9.17) is 10.7 Å². The van der Waals surface area contributed by atoms with Gasteiger partial charge in [-0.2, -0.15) is 0 Å². The van der Waals surface area contributed by atoms with E-state index in [1.165, 1.54) is 11.1 Å². The summed E-state index contributed by atoms with van der Waals surface area (Å²) in [7, 11) is 1.66. The molecule has 0 amide bonds. The van der Waals surface area contributed by atoms with E-state index >= 15 is 0 Å². The number of rotatable bonds is 4. The molecule has 1 aromatic rings. The predicted octanol–water partition coefficient (Wildman–Crippen LogP) is 2.66. The van der Waals surface area contributed by atoms with Gasteiger partial charge in [0.15, 0.2) is 0 Å². The lowest BCUT2D eigenvalue weighted by Gasteiger charge is -2.00. The second-order valence-electron chi connectivity index (χ2n) is 3.31. The molecule has 0 aliphatic carbocycles. The van der Waals surface area contributed by atoms with Crippen LogP contribution in [0.1, 0.15) is 11.1 Å². The molecule has 0 fully saturated rings. The van der Waals surface area contributed by atoms with Gasteiger partial charge in [-0.15, -0.1) is 0 Å². The Bertz CT molecular complexity index is 449. The van der Waals surface area contributed by atoms with Crippen LogP contribution in [0.2, 0.25) is 0 Å². The molecule has 0 aliphatic rings. The van der Waals surface area contributed by atoms with Crippen molar-refractivity contribution in [1.29, 1.82) is 0 Å². The lowest BCUT2D eigenvalue weighted by Crippen LogP contribution is -1.93. The Morgan fingerprint density at radius 2 is 1.93 bits per heavy atom. The molecule has 0 unspecified atom stereocenters. The first-order valence-corrected chi connectivity index (χ1v) is 7.09. The third kappa shape index (κ3) is 5.00. The van der Waals surface area contributed by atoms with Crippen molar-refractivity contribution < 1.29 is 8.42 Å². The van der Waals surface area contributed by atoms with E-state index < -0.39 is 9.05 Å². The van der Waals surface area contributed by atoms with Crippen molar-refractivity contribution in [2.24, 2.45) is 0 Å². The normalized spacial score (nSPS) is 12.1. The minimum Gasteiger partial charge on any atom is -0.212 e. The van der Waals surface area contributed by atoms with Gasteiger partial charge in [0.25, 0.3) is 0 Å². The summed E-state index contributed by atoms with van der Waals surface area (Å²) < 4.78 is 21.2. The van der Waals surface area contributed by atoms with E-state index in [0.29, 0.717) is 0 Å². The zero-order chi connectivity index (χ0) is 11.3. The van der Waals surface area contributed by atoms with Crippen molar-refractivity contribution in [2.75, 3.05) is 5.75 Å². The molecule has 0 atom stereocenters. The van der Waals surface area contributed by atoms with Crippen LogP contribution in [-0.2, 0) is 15.5 Å². The predicted molar refractivity (Wildman–Crippen MR) is 63.7 cm³/mol. The Balaban J connectivity index is 2.55. The molecule has 1 rings (SSSR count). The van der Waals surface area contributed by atoms with Gasteiger partial charge in [-0.25, -0.2) is 8.42 Å². The number of benzene rings is 1. The van der Waals surface area contributed by atoms with Crippen LogP contribution in [0.3, 0.4) is 0 Å². The molecule has 15 heavy (non-hydrogen) atoms. The summed E-state index contributed by atoms with van der Waals surface area (Å²) in [6, 6.07) is 8.00. The van der Waals surface area contributed by atoms with E-state index in [9.17, 15) is 8.42 Å².